The summed E-state index contributed by atoms with van der Waals surface area (Å²) >= 11 is 1.58. The standard InChI is InChI=1S/C21H20N2O2S/c1-4-13-22-21-23(18-9-5-16(6-10-18)15(2)24)20(14-26-21)17-7-11-19(25-3)12-8-17/h4-12,14H,1,13H2,2-3H3. The quantitative estimate of drug-likeness (QED) is 0.477. The van der Waals surface area contributed by atoms with E-state index < -0.39 is 0 Å². The Labute approximate surface area is 156 Å². The first-order valence-corrected chi connectivity index (χ1v) is 9.09. The van der Waals surface area contributed by atoms with Crippen molar-refractivity contribution in [2.24, 2.45) is 4.99 Å². The molecular formula is C21H20N2O2S. The zero-order valence-electron chi connectivity index (χ0n) is 14.8. The molecule has 0 spiro atoms. The number of aromatic nitrogens is 1. The highest BCUT2D eigenvalue weighted by molar-refractivity contribution is 7.07. The monoisotopic (exact) mass is 364 g/mol. The fourth-order valence-corrected chi connectivity index (χ4v) is 3.54. The van der Waals surface area contributed by atoms with Crippen molar-refractivity contribution >= 4 is 17.1 Å². The number of benzene rings is 2. The van der Waals surface area contributed by atoms with Gasteiger partial charge in [0.15, 0.2) is 10.6 Å². The van der Waals surface area contributed by atoms with Gasteiger partial charge >= 0.3 is 0 Å². The molecule has 4 nitrogen and oxygen atoms in total. The average molecular weight is 364 g/mol. The number of ketones is 1. The number of carbonyl (C=O) groups excluding carboxylic acids is 1. The second-order valence-corrected chi connectivity index (χ2v) is 6.54. The van der Waals surface area contributed by atoms with Crippen LogP contribution in [0.3, 0.4) is 0 Å². The molecule has 0 bridgehead atoms. The molecule has 3 rings (SSSR count). The largest absolute Gasteiger partial charge is 0.497 e. The predicted molar refractivity (Wildman–Crippen MR) is 106 cm³/mol. The summed E-state index contributed by atoms with van der Waals surface area (Å²) in [4.78, 5) is 17.0. The van der Waals surface area contributed by atoms with Crippen LogP contribution in [0.5, 0.6) is 5.75 Å². The summed E-state index contributed by atoms with van der Waals surface area (Å²) in [6.07, 6.45) is 1.77. The highest BCUT2D eigenvalue weighted by Crippen LogP contribution is 2.25. The van der Waals surface area contributed by atoms with E-state index in [1.807, 2.05) is 48.5 Å². The number of thiazole rings is 1. The molecule has 0 radical (unpaired) electrons. The van der Waals surface area contributed by atoms with Gasteiger partial charge in [0.2, 0.25) is 0 Å². The van der Waals surface area contributed by atoms with Gasteiger partial charge in [0.25, 0.3) is 0 Å². The third kappa shape index (κ3) is 3.68. The molecule has 1 heterocycles. The van der Waals surface area contributed by atoms with E-state index in [-0.39, 0.29) is 5.78 Å². The molecule has 5 heteroatoms. The number of Topliss-reactive ketones (excluding diaryl/α,β-unsaturated/α-hetero) is 1. The molecule has 0 atom stereocenters. The lowest BCUT2D eigenvalue weighted by Crippen LogP contribution is -2.14. The van der Waals surface area contributed by atoms with Crippen LogP contribution in [0, 0.1) is 0 Å². The third-order valence-electron chi connectivity index (χ3n) is 3.98. The normalized spacial score (nSPS) is 11.4. The molecule has 0 aliphatic heterocycles. The fourth-order valence-electron chi connectivity index (χ4n) is 2.62. The van der Waals surface area contributed by atoms with E-state index in [1.165, 1.54) is 0 Å². The van der Waals surface area contributed by atoms with E-state index in [0.29, 0.717) is 12.1 Å². The van der Waals surface area contributed by atoms with Crippen LogP contribution in [0.2, 0.25) is 0 Å². The molecule has 0 aliphatic carbocycles. The van der Waals surface area contributed by atoms with Gasteiger partial charge in [0.05, 0.1) is 19.3 Å². The molecule has 0 saturated heterocycles. The van der Waals surface area contributed by atoms with Crippen molar-refractivity contribution in [3.8, 4) is 22.7 Å². The van der Waals surface area contributed by atoms with E-state index in [0.717, 1.165) is 27.5 Å². The van der Waals surface area contributed by atoms with E-state index in [1.54, 1.807) is 31.4 Å². The molecule has 1 aromatic heterocycles. The molecule has 0 saturated carbocycles. The first-order chi connectivity index (χ1) is 12.6. The average Bonchev–Trinajstić information content (AvgIpc) is 3.10. The number of nitrogens with zero attached hydrogens (tertiary/aromatic N) is 2. The van der Waals surface area contributed by atoms with Gasteiger partial charge in [-0.2, -0.15) is 0 Å². The second-order valence-electron chi connectivity index (χ2n) is 5.70. The Kier molecular flexibility index (Phi) is 5.49. The number of hydrogen-bond donors (Lipinski definition) is 0. The summed E-state index contributed by atoms with van der Waals surface area (Å²) in [7, 11) is 1.66. The zero-order valence-corrected chi connectivity index (χ0v) is 15.6. The van der Waals surface area contributed by atoms with Crippen LogP contribution in [0.1, 0.15) is 17.3 Å². The van der Waals surface area contributed by atoms with Gasteiger partial charge < -0.3 is 4.74 Å². The Hall–Kier alpha value is -2.92. The summed E-state index contributed by atoms with van der Waals surface area (Å²) in [6, 6.07) is 15.5. The Morgan fingerprint density at radius 2 is 1.88 bits per heavy atom. The predicted octanol–water partition coefficient (Wildman–Crippen LogP) is 4.50. The molecule has 2 aromatic carbocycles. The highest BCUT2D eigenvalue weighted by atomic mass is 32.1. The van der Waals surface area contributed by atoms with Crippen molar-refractivity contribution in [3.63, 3.8) is 0 Å². The zero-order chi connectivity index (χ0) is 18.5. The van der Waals surface area contributed by atoms with Crippen LogP contribution in [0.15, 0.2) is 71.6 Å². The van der Waals surface area contributed by atoms with Gasteiger partial charge in [-0.05, 0) is 61.0 Å². The van der Waals surface area contributed by atoms with Crippen molar-refractivity contribution in [1.29, 1.82) is 0 Å². The molecule has 3 aromatic rings. The van der Waals surface area contributed by atoms with Gasteiger partial charge in [0, 0.05) is 16.6 Å². The van der Waals surface area contributed by atoms with Gasteiger partial charge in [-0.1, -0.05) is 6.08 Å². The molecule has 0 N–H and O–H groups in total. The van der Waals surface area contributed by atoms with Crippen LogP contribution in [0.25, 0.3) is 16.9 Å². The van der Waals surface area contributed by atoms with Crippen molar-refractivity contribution < 1.29 is 9.53 Å². The lowest BCUT2D eigenvalue weighted by molar-refractivity contribution is 0.101. The SMILES string of the molecule is C=CCN=c1scc(-c2ccc(OC)cc2)n1-c1ccc(C(C)=O)cc1. The first kappa shape index (κ1) is 17.9. The number of methoxy groups -OCH3 is 1. The van der Waals surface area contributed by atoms with Crippen molar-refractivity contribution in [3.05, 3.63) is 76.9 Å². The van der Waals surface area contributed by atoms with Gasteiger partial charge in [-0.3, -0.25) is 14.4 Å². The Balaban J connectivity index is 2.15. The van der Waals surface area contributed by atoms with Gasteiger partial charge in [-0.25, -0.2) is 0 Å². The number of carbonyl (C=O) groups is 1. The minimum atomic E-state index is 0.0545. The van der Waals surface area contributed by atoms with E-state index in [2.05, 4.69) is 21.5 Å². The summed E-state index contributed by atoms with van der Waals surface area (Å²) in [5.74, 6) is 0.872. The highest BCUT2D eigenvalue weighted by Gasteiger charge is 2.11. The summed E-state index contributed by atoms with van der Waals surface area (Å²) in [5.41, 5.74) is 3.76. The van der Waals surface area contributed by atoms with Crippen LogP contribution < -0.4 is 9.54 Å². The van der Waals surface area contributed by atoms with Crippen LogP contribution in [-0.2, 0) is 0 Å². The summed E-state index contributed by atoms with van der Waals surface area (Å²) < 4.78 is 7.35. The number of ether oxygens (including phenoxy) is 1. The Bertz CT molecular complexity index is 980. The van der Waals surface area contributed by atoms with Crippen LogP contribution in [0.4, 0.5) is 0 Å². The first-order valence-electron chi connectivity index (χ1n) is 8.21. The van der Waals surface area contributed by atoms with E-state index >= 15 is 0 Å². The Morgan fingerprint density at radius 3 is 2.46 bits per heavy atom. The summed E-state index contributed by atoms with van der Waals surface area (Å²) in [5, 5.41) is 2.09. The molecule has 0 amide bonds. The maximum atomic E-state index is 11.6. The number of hydrogen-bond acceptors (Lipinski definition) is 4. The van der Waals surface area contributed by atoms with Crippen molar-refractivity contribution in [2.75, 3.05) is 13.7 Å². The molecular weight excluding hydrogens is 344 g/mol. The van der Waals surface area contributed by atoms with E-state index in [9.17, 15) is 4.79 Å². The molecule has 0 unspecified atom stereocenters. The van der Waals surface area contributed by atoms with Crippen LogP contribution in [-0.4, -0.2) is 24.0 Å². The third-order valence-corrected chi connectivity index (χ3v) is 4.85. The van der Waals surface area contributed by atoms with E-state index in [4.69, 9.17) is 4.74 Å². The molecule has 0 fully saturated rings. The molecule has 26 heavy (non-hydrogen) atoms. The Morgan fingerprint density at radius 1 is 1.19 bits per heavy atom. The summed E-state index contributed by atoms with van der Waals surface area (Å²) in [6.45, 7) is 5.86. The number of rotatable bonds is 6. The van der Waals surface area contributed by atoms with Crippen molar-refractivity contribution in [1.82, 2.24) is 4.57 Å². The minimum absolute atomic E-state index is 0.0545. The fraction of sp³-hybridized carbons (Fsp3) is 0.143. The van der Waals surface area contributed by atoms with Crippen LogP contribution >= 0.6 is 11.3 Å². The molecule has 132 valence electrons. The second kappa shape index (κ2) is 7.97. The smallest absolute Gasteiger partial charge is 0.190 e. The maximum Gasteiger partial charge on any atom is 0.190 e. The minimum Gasteiger partial charge on any atom is -0.497 e. The van der Waals surface area contributed by atoms with Crippen molar-refractivity contribution in [2.45, 2.75) is 6.92 Å². The topological polar surface area (TPSA) is 43.6 Å². The van der Waals surface area contributed by atoms with Gasteiger partial charge in [-0.15, -0.1) is 17.9 Å². The van der Waals surface area contributed by atoms with Gasteiger partial charge in [0.1, 0.15) is 5.75 Å². The molecule has 0 aliphatic rings. The lowest BCUT2D eigenvalue weighted by atomic mass is 10.1. The lowest BCUT2D eigenvalue weighted by Gasteiger charge is -2.10. The maximum absolute atomic E-state index is 11.6.